The van der Waals surface area contributed by atoms with E-state index in [1.807, 2.05) is 56.3 Å². The van der Waals surface area contributed by atoms with Crippen molar-refractivity contribution in [2.45, 2.75) is 38.6 Å². The number of rotatable bonds is 4. The summed E-state index contributed by atoms with van der Waals surface area (Å²) >= 11 is 0. The predicted octanol–water partition coefficient (Wildman–Crippen LogP) is 4.26. The molecule has 0 bridgehead atoms. The van der Waals surface area contributed by atoms with Crippen molar-refractivity contribution in [2.24, 2.45) is 0 Å². The molecule has 3 aromatic carbocycles. The number of amides is 1. The van der Waals surface area contributed by atoms with Gasteiger partial charge in [-0.25, -0.2) is 0 Å². The summed E-state index contributed by atoms with van der Waals surface area (Å²) in [6.07, 6.45) is -0.662. The van der Waals surface area contributed by atoms with Crippen LogP contribution >= 0.6 is 0 Å². The third kappa shape index (κ3) is 4.39. The molecule has 0 spiro atoms. The van der Waals surface area contributed by atoms with Gasteiger partial charge in [-0.1, -0.05) is 66.2 Å². The van der Waals surface area contributed by atoms with Crippen LogP contribution < -0.4 is 4.90 Å². The predicted molar refractivity (Wildman–Crippen MR) is 136 cm³/mol. The third-order valence-corrected chi connectivity index (χ3v) is 7.31. The summed E-state index contributed by atoms with van der Waals surface area (Å²) < 4.78 is 0. The van der Waals surface area contributed by atoms with Gasteiger partial charge < -0.3 is 10.0 Å². The van der Waals surface area contributed by atoms with Gasteiger partial charge in [-0.05, 0) is 43.2 Å². The highest BCUT2D eigenvalue weighted by Gasteiger charge is 2.43. The second-order valence-electron chi connectivity index (χ2n) is 9.57. The molecule has 2 heterocycles. The molecule has 5 nitrogen and oxygen atoms in total. The topological polar surface area (TPSA) is 47.0 Å². The van der Waals surface area contributed by atoms with Crippen molar-refractivity contribution in [1.82, 2.24) is 9.80 Å². The van der Waals surface area contributed by atoms with Crippen LogP contribution in [0, 0.1) is 6.92 Å². The summed E-state index contributed by atoms with van der Waals surface area (Å²) in [5.74, 6) is -0.0647. The monoisotopic (exact) mass is 455 g/mol. The molecule has 0 aliphatic carbocycles. The SMILES string of the molecule is Cc1ccc(C(=O)N2c3ccccc3[C@@H](N3CCN(Cc4ccccc4)CC3)[C@H](O)[C@H]2C)cc1. The number of hydrogen-bond acceptors (Lipinski definition) is 4. The summed E-state index contributed by atoms with van der Waals surface area (Å²) in [7, 11) is 0. The van der Waals surface area contributed by atoms with Crippen LogP contribution in [-0.4, -0.2) is 59.1 Å². The number of piperazine rings is 1. The molecule has 2 aliphatic heterocycles. The molecule has 3 aromatic rings. The Balaban J connectivity index is 1.37. The van der Waals surface area contributed by atoms with Crippen LogP contribution in [0.2, 0.25) is 0 Å². The first-order valence-electron chi connectivity index (χ1n) is 12.2. The van der Waals surface area contributed by atoms with E-state index in [1.165, 1.54) is 5.56 Å². The normalized spacial score (nSPS) is 23.5. The molecule has 34 heavy (non-hydrogen) atoms. The van der Waals surface area contributed by atoms with Crippen molar-refractivity contribution in [3.05, 3.63) is 101 Å². The molecule has 0 aromatic heterocycles. The number of aryl methyl sites for hydroxylation is 1. The minimum absolute atomic E-state index is 0.0647. The summed E-state index contributed by atoms with van der Waals surface area (Å²) in [4.78, 5) is 20.2. The maximum Gasteiger partial charge on any atom is 0.258 e. The molecule has 5 rings (SSSR count). The fraction of sp³-hybridized carbons (Fsp3) is 0.345. The van der Waals surface area contributed by atoms with Gasteiger partial charge in [0.05, 0.1) is 18.2 Å². The molecular formula is C29H33N3O2. The average Bonchev–Trinajstić information content (AvgIpc) is 2.86. The average molecular weight is 456 g/mol. The van der Waals surface area contributed by atoms with E-state index < -0.39 is 6.10 Å². The summed E-state index contributed by atoms with van der Waals surface area (Å²) in [5, 5.41) is 11.5. The smallest absolute Gasteiger partial charge is 0.258 e. The summed E-state index contributed by atoms with van der Waals surface area (Å²) in [6.45, 7) is 8.63. The number of carbonyl (C=O) groups is 1. The lowest BCUT2D eigenvalue weighted by molar-refractivity contribution is 0.00109. The Morgan fingerprint density at radius 3 is 2.24 bits per heavy atom. The summed E-state index contributed by atoms with van der Waals surface area (Å²) in [6, 6.07) is 25.9. The zero-order valence-corrected chi connectivity index (χ0v) is 20.0. The van der Waals surface area contributed by atoms with E-state index in [4.69, 9.17) is 0 Å². The Hall–Kier alpha value is -2.99. The van der Waals surface area contributed by atoms with Crippen LogP contribution in [0.4, 0.5) is 5.69 Å². The Labute approximate surface area is 202 Å². The first-order chi connectivity index (χ1) is 16.5. The number of benzene rings is 3. The van der Waals surface area contributed by atoms with E-state index in [9.17, 15) is 9.90 Å². The highest BCUT2D eigenvalue weighted by molar-refractivity contribution is 6.07. The largest absolute Gasteiger partial charge is 0.389 e. The molecule has 1 fully saturated rings. The Bertz CT molecular complexity index is 1120. The van der Waals surface area contributed by atoms with Crippen molar-refractivity contribution < 1.29 is 9.90 Å². The van der Waals surface area contributed by atoms with Crippen molar-refractivity contribution >= 4 is 11.6 Å². The third-order valence-electron chi connectivity index (χ3n) is 7.31. The van der Waals surface area contributed by atoms with Gasteiger partial charge in [0, 0.05) is 44.0 Å². The fourth-order valence-electron chi connectivity index (χ4n) is 5.36. The van der Waals surface area contributed by atoms with Gasteiger partial charge in [-0.2, -0.15) is 0 Å². The van der Waals surface area contributed by atoms with E-state index in [0.29, 0.717) is 5.56 Å². The highest BCUT2D eigenvalue weighted by atomic mass is 16.3. The standard InChI is InChI=1S/C29H33N3O2/c1-21-12-14-24(15-13-21)29(34)32-22(2)28(33)27(25-10-6-7-11-26(25)32)31-18-16-30(17-19-31)20-23-8-4-3-5-9-23/h3-15,22,27-28,33H,16-20H2,1-2H3/t22-,27-,28-/m1/s1. The summed E-state index contributed by atoms with van der Waals surface area (Å²) in [5.41, 5.74) is 5.04. The molecule has 0 unspecified atom stereocenters. The van der Waals surface area contributed by atoms with Crippen LogP contribution in [0.25, 0.3) is 0 Å². The molecule has 5 heteroatoms. The van der Waals surface area contributed by atoms with Gasteiger partial charge in [0.1, 0.15) is 0 Å². The molecule has 2 aliphatic rings. The van der Waals surface area contributed by atoms with Crippen molar-refractivity contribution in [3.63, 3.8) is 0 Å². The molecule has 3 atom stereocenters. The van der Waals surface area contributed by atoms with Crippen molar-refractivity contribution in [2.75, 3.05) is 31.1 Å². The van der Waals surface area contributed by atoms with E-state index in [-0.39, 0.29) is 18.0 Å². The molecular weight excluding hydrogens is 422 g/mol. The maximum atomic E-state index is 13.5. The Morgan fingerprint density at radius 2 is 1.53 bits per heavy atom. The number of aliphatic hydroxyl groups is 1. The van der Waals surface area contributed by atoms with E-state index in [1.54, 1.807) is 4.90 Å². The number of carbonyl (C=O) groups excluding carboxylic acids is 1. The lowest BCUT2D eigenvalue weighted by Crippen LogP contribution is -2.57. The molecule has 0 radical (unpaired) electrons. The van der Waals surface area contributed by atoms with Crippen LogP contribution in [0.15, 0.2) is 78.9 Å². The Kier molecular flexibility index (Phi) is 6.50. The number of nitrogens with zero attached hydrogens (tertiary/aromatic N) is 3. The zero-order valence-electron chi connectivity index (χ0n) is 20.0. The van der Waals surface area contributed by atoms with E-state index >= 15 is 0 Å². The fourth-order valence-corrected chi connectivity index (χ4v) is 5.36. The van der Waals surface area contributed by atoms with Gasteiger partial charge in [-0.15, -0.1) is 0 Å². The van der Waals surface area contributed by atoms with Crippen LogP contribution in [0.5, 0.6) is 0 Å². The van der Waals surface area contributed by atoms with Crippen molar-refractivity contribution in [1.29, 1.82) is 0 Å². The molecule has 1 saturated heterocycles. The maximum absolute atomic E-state index is 13.5. The van der Waals surface area contributed by atoms with Gasteiger partial charge in [0.15, 0.2) is 0 Å². The number of anilines is 1. The molecule has 1 N–H and O–H groups in total. The first-order valence-corrected chi connectivity index (χ1v) is 12.2. The van der Waals surface area contributed by atoms with Gasteiger partial charge in [-0.3, -0.25) is 14.6 Å². The number of aliphatic hydroxyl groups excluding tert-OH is 1. The van der Waals surface area contributed by atoms with Gasteiger partial charge >= 0.3 is 0 Å². The lowest BCUT2D eigenvalue weighted by Gasteiger charge is -2.48. The molecule has 1 amide bonds. The molecule has 176 valence electrons. The zero-order chi connectivity index (χ0) is 23.7. The van der Waals surface area contributed by atoms with Crippen LogP contribution in [0.1, 0.15) is 40.0 Å². The second-order valence-corrected chi connectivity index (χ2v) is 9.57. The minimum atomic E-state index is -0.662. The minimum Gasteiger partial charge on any atom is -0.389 e. The van der Waals surface area contributed by atoms with Crippen LogP contribution in [-0.2, 0) is 6.54 Å². The van der Waals surface area contributed by atoms with E-state index in [0.717, 1.165) is 49.5 Å². The highest BCUT2D eigenvalue weighted by Crippen LogP contribution is 2.41. The Morgan fingerprint density at radius 1 is 0.882 bits per heavy atom. The van der Waals surface area contributed by atoms with Crippen LogP contribution in [0.3, 0.4) is 0 Å². The molecule has 0 saturated carbocycles. The number of hydrogen-bond donors (Lipinski definition) is 1. The van der Waals surface area contributed by atoms with Gasteiger partial charge in [0.25, 0.3) is 5.91 Å². The number of fused-ring (bicyclic) bond motifs is 1. The quantitative estimate of drug-likeness (QED) is 0.639. The van der Waals surface area contributed by atoms with Gasteiger partial charge in [0.2, 0.25) is 0 Å². The number of para-hydroxylation sites is 1. The van der Waals surface area contributed by atoms with Crippen molar-refractivity contribution in [3.8, 4) is 0 Å². The van der Waals surface area contributed by atoms with E-state index in [2.05, 4.69) is 46.2 Å². The lowest BCUT2D eigenvalue weighted by atomic mass is 9.87. The first kappa shape index (κ1) is 22.8. The second kappa shape index (κ2) is 9.71.